The van der Waals surface area contributed by atoms with Gasteiger partial charge in [-0.1, -0.05) is 29.9 Å². The predicted octanol–water partition coefficient (Wildman–Crippen LogP) is -1.46. The third kappa shape index (κ3) is 4.38. The normalized spacial score (nSPS) is 17.8. The van der Waals surface area contributed by atoms with E-state index >= 15 is 0 Å². The van der Waals surface area contributed by atoms with E-state index in [0.29, 0.717) is 6.42 Å². The minimum atomic E-state index is -3.86. The topological polar surface area (TPSA) is 139 Å². The molecule has 1 saturated heterocycles. The molecule has 1 aliphatic rings. The van der Waals surface area contributed by atoms with Crippen LogP contribution in [0.3, 0.4) is 0 Å². The van der Waals surface area contributed by atoms with Gasteiger partial charge in [-0.25, -0.2) is 13.2 Å². The van der Waals surface area contributed by atoms with Crippen molar-refractivity contribution in [3.63, 3.8) is 0 Å². The summed E-state index contributed by atoms with van der Waals surface area (Å²) >= 11 is 0. The van der Waals surface area contributed by atoms with Crippen LogP contribution in [0, 0.1) is 5.41 Å². The molecule has 156 valence electrons. The Bertz CT molecular complexity index is 1030. The lowest BCUT2D eigenvalue weighted by molar-refractivity contribution is -0.766. The number of piperazine rings is 1. The van der Waals surface area contributed by atoms with Gasteiger partial charge in [0, 0.05) is 19.6 Å². The van der Waals surface area contributed by atoms with Crippen LogP contribution in [0.15, 0.2) is 45.9 Å². The number of sulfonamides is 1. The summed E-state index contributed by atoms with van der Waals surface area (Å²) in [4.78, 5) is 26.1. The molecule has 1 aliphatic heterocycles. The molecule has 1 N–H and O–H groups in total. The van der Waals surface area contributed by atoms with E-state index in [2.05, 4.69) is 5.27 Å². The van der Waals surface area contributed by atoms with Gasteiger partial charge in [0.1, 0.15) is 0 Å². The smallest absolute Gasteiger partial charge is 0.375 e. The zero-order chi connectivity index (χ0) is 21.0. The summed E-state index contributed by atoms with van der Waals surface area (Å²) in [6, 6.07) is 6.66. The Balaban J connectivity index is 1.90. The van der Waals surface area contributed by atoms with Gasteiger partial charge in [-0.3, -0.25) is 15.2 Å². The molecule has 0 radical (unpaired) electrons. The molecule has 12 heteroatoms. The van der Waals surface area contributed by atoms with Crippen molar-refractivity contribution in [1.29, 1.82) is 5.41 Å². The lowest BCUT2D eigenvalue weighted by Crippen LogP contribution is -2.73. The molecule has 1 aromatic heterocycles. The van der Waals surface area contributed by atoms with Gasteiger partial charge in [0.25, 0.3) is 11.8 Å². The number of ketones is 1. The fourth-order valence-electron chi connectivity index (χ4n) is 2.93. The monoisotopic (exact) mass is 423 g/mol. The van der Waals surface area contributed by atoms with Crippen molar-refractivity contribution >= 4 is 21.8 Å². The standard InChI is InChI=1S/C17H21N5O6S/c1-2-10-27-17(24)16(23)14-11-20(29(25,26)13-6-4-3-5-7-13)8-9-21(14)22-12-15(18)28-19-22/h3-7,12,14,18H,2,8-11H2,1H3. The third-order valence-corrected chi connectivity index (χ3v) is 6.24. The van der Waals surface area contributed by atoms with E-state index < -0.39 is 27.8 Å². The number of rotatable bonds is 7. The highest BCUT2D eigenvalue weighted by molar-refractivity contribution is 7.89. The van der Waals surface area contributed by atoms with Crippen LogP contribution in [0.25, 0.3) is 0 Å². The van der Waals surface area contributed by atoms with Crippen LogP contribution in [0.1, 0.15) is 13.3 Å². The molecule has 0 bridgehead atoms. The quantitative estimate of drug-likeness (QED) is 0.324. The van der Waals surface area contributed by atoms with Gasteiger partial charge in [0.2, 0.25) is 15.8 Å². The first-order valence-electron chi connectivity index (χ1n) is 8.98. The van der Waals surface area contributed by atoms with Crippen LogP contribution < -0.4 is 20.6 Å². The Morgan fingerprint density at radius 3 is 2.66 bits per heavy atom. The number of hydrogen-bond donors (Lipinski definition) is 1. The average Bonchev–Trinajstić information content (AvgIpc) is 3.17. The Morgan fingerprint density at radius 1 is 1.31 bits per heavy atom. The largest absolute Gasteiger partial charge is 0.460 e. The average molecular weight is 423 g/mol. The Kier molecular flexibility index (Phi) is 6.13. The minimum Gasteiger partial charge on any atom is -0.460 e. The zero-order valence-corrected chi connectivity index (χ0v) is 16.5. The van der Waals surface area contributed by atoms with Gasteiger partial charge < -0.3 is 9.26 Å². The zero-order valence-electron chi connectivity index (χ0n) is 15.7. The van der Waals surface area contributed by atoms with E-state index in [1.165, 1.54) is 23.3 Å². The molecule has 0 aliphatic carbocycles. The fraction of sp³-hybridized carbons (Fsp3) is 0.412. The number of Topliss-reactive ketones (excluding diaryl/α,β-unsaturated/α-hetero) is 1. The van der Waals surface area contributed by atoms with E-state index in [4.69, 9.17) is 14.7 Å². The summed E-state index contributed by atoms with van der Waals surface area (Å²) in [5, 5.41) is 12.5. The molecule has 11 nitrogen and oxygen atoms in total. The number of ether oxygens (including phenoxy) is 1. The van der Waals surface area contributed by atoms with E-state index in [-0.39, 0.29) is 36.7 Å². The Hall–Kier alpha value is -2.99. The molecule has 1 fully saturated rings. The summed E-state index contributed by atoms with van der Waals surface area (Å²) < 4.78 is 36.7. The molecule has 3 rings (SSSR count). The van der Waals surface area contributed by atoms with Crippen LogP contribution in [0.2, 0.25) is 0 Å². The molecule has 2 heterocycles. The number of esters is 1. The highest BCUT2D eigenvalue weighted by atomic mass is 32.2. The van der Waals surface area contributed by atoms with Crippen LogP contribution >= 0.6 is 0 Å². The molecular formula is C17H21N5O6S. The van der Waals surface area contributed by atoms with Crippen molar-refractivity contribution in [2.75, 3.05) is 31.3 Å². The molecule has 1 atom stereocenters. The van der Waals surface area contributed by atoms with E-state index in [0.717, 1.165) is 9.10 Å². The van der Waals surface area contributed by atoms with Gasteiger partial charge in [0.05, 0.1) is 17.5 Å². The van der Waals surface area contributed by atoms with Crippen molar-refractivity contribution in [3.05, 3.63) is 42.1 Å². The molecule has 0 amide bonds. The molecular weight excluding hydrogens is 402 g/mol. The second-order valence-corrected chi connectivity index (χ2v) is 8.28. The first-order valence-corrected chi connectivity index (χ1v) is 10.4. The second-order valence-electron chi connectivity index (χ2n) is 6.34. The summed E-state index contributed by atoms with van der Waals surface area (Å²) in [6.07, 6.45) is 1.77. The number of nitrogens with one attached hydrogen (secondary N) is 1. The SMILES string of the molecule is CCCOC(=O)C(=O)C1CN(S(=O)(=O)c2ccccc2)CCN1[n+]1cc(=N)o[n-]1. The molecule has 1 aromatic carbocycles. The summed E-state index contributed by atoms with van der Waals surface area (Å²) in [5.74, 6) is -1.94. The summed E-state index contributed by atoms with van der Waals surface area (Å²) in [7, 11) is -3.86. The number of carbonyl (C=O) groups is 2. The van der Waals surface area contributed by atoms with Gasteiger partial charge in [0.15, 0.2) is 0 Å². The predicted molar refractivity (Wildman–Crippen MR) is 96.4 cm³/mol. The maximum atomic E-state index is 13.0. The van der Waals surface area contributed by atoms with E-state index in [9.17, 15) is 18.0 Å². The van der Waals surface area contributed by atoms with Crippen LogP contribution in [0.5, 0.6) is 0 Å². The van der Waals surface area contributed by atoms with Crippen molar-refractivity contribution in [2.24, 2.45) is 0 Å². The van der Waals surface area contributed by atoms with Crippen LogP contribution in [-0.4, -0.2) is 56.8 Å². The maximum Gasteiger partial charge on any atom is 0.375 e. The number of aromatic nitrogens is 2. The van der Waals surface area contributed by atoms with Gasteiger partial charge in [-0.2, -0.15) is 4.31 Å². The number of carbonyl (C=O) groups excluding carboxylic acids is 2. The summed E-state index contributed by atoms with van der Waals surface area (Å²) in [5.41, 5.74) is -0.246. The highest BCUT2D eigenvalue weighted by Crippen LogP contribution is 2.19. The van der Waals surface area contributed by atoms with Crippen molar-refractivity contribution in [2.45, 2.75) is 24.3 Å². The van der Waals surface area contributed by atoms with Gasteiger partial charge in [-0.05, 0) is 23.8 Å². The maximum absolute atomic E-state index is 13.0. The fourth-order valence-corrected chi connectivity index (χ4v) is 4.39. The highest BCUT2D eigenvalue weighted by Gasteiger charge is 2.40. The third-order valence-electron chi connectivity index (χ3n) is 4.36. The molecule has 0 spiro atoms. The number of benzene rings is 1. The molecule has 0 saturated carbocycles. The molecule has 2 aromatic rings. The van der Waals surface area contributed by atoms with Crippen molar-refractivity contribution < 1.29 is 32.1 Å². The first-order chi connectivity index (χ1) is 13.8. The second kappa shape index (κ2) is 8.57. The molecule has 29 heavy (non-hydrogen) atoms. The minimum absolute atomic E-state index is 0.0538. The Labute approximate surface area is 167 Å². The number of nitrogens with zero attached hydrogens (tertiary/aromatic N) is 4. The van der Waals surface area contributed by atoms with Gasteiger partial charge >= 0.3 is 5.97 Å². The van der Waals surface area contributed by atoms with Crippen molar-refractivity contribution in [3.8, 4) is 0 Å². The van der Waals surface area contributed by atoms with Gasteiger partial charge in [-0.15, -0.1) is 0 Å². The van der Waals surface area contributed by atoms with Crippen LogP contribution in [0.4, 0.5) is 0 Å². The summed E-state index contributed by atoms with van der Waals surface area (Å²) in [6.45, 7) is 1.71. The lowest BCUT2D eigenvalue weighted by atomic mass is 10.1. The molecule has 1 unspecified atom stereocenters. The van der Waals surface area contributed by atoms with E-state index in [1.807, 2.05) is 0 Å². The number of hydrogen-bond acceptors (Lipinski definition) is 8. The first kappa shape index (κ1) is 20.7. The Morgan fingerprint density at radius 2 is 2.03 bits per heavy atom. The van der Waals surface area contributed by atoms with E-state index in [1.54, 1.807) is 25.1 Å². The lowest BCUT2D eigenvalue weighted by Gasteiger charge is -2.39. The van der Waals surface area contributed by atoms with Crippen LogP contribution in [-0.2, 0) is 24.3 Å². The van der Waals surface area contributed by atoms with Crippen molar-refractivity contribution in [1.82, 2.24) is 9.58 Å².